The van der Waals surface area contributed by atoms with Crippen LogP contribution in [0.25, 0.3) is 10.8 Å². The Morgan fingerprint density at radius 1 is 0.955 bits per heavy atom. The van der Waals surface area contributed by atoms with E-state index < -0.39 is 0 Å². The molecule has 0 amide bonds. The molecule has 120 valence electrons. The molecule has 2 aromatic carbocycles. The van der Waals surface area contributed by atoms with Gasteiger partial charge in [0.2, 0.25) is 0 Å². The van der Waals surface area contributed by atoms with Gasteiger partial charge in [0.05, 0.1) is 13.2 Å². The van der Waals surface area contributed by atoms with Gasteiger partial charge in [-0.1, -0.05) is 60.0 Å². The first-order valence-corrected chi connectivity index (χ1v) is 9.24. The number of unbranched alkanes of at least 4 members (excludes halogenated alkanes) is 2. The van der Waals surface area contributed by atoms with Crippen molar-refractivity contribution in [2.24, 2.45) is 0 Å². The van der Waals surface area contributed by atoms with Gasteiger partial charge in [0.15, 0.2) is 0 Å². The number of rotatable bonds is 9. The highest BCUT2D eigenvalue weighted by Crippen LogP contribution is 2.36. The number of alkyl halides is 1. The topological polar surface area (TPSA) is 18.5 Å². The molecule has 0 N–H and O–H groups in total. The normalized spacial score (nSPS) is 10.9. The van der Waals surface area contributed by atoms with Gasteiger partial charge in [-0.3, -0.25) is 0 Å². The van der Waals surface area contributed by atoms with Crippen molar-refractivity contribution >= 4 is 26.7 Å². The molecule has 0 radical (unpaired) electrons. The molecule has 0 fully saturated rings. The molecule has 22 heavy (non-hydrogen) atoms. The van der Waals surface area contributed by atoms with Crippen molar-refractivity contribution in [1.29, 1.82) is 0 Å². The second-order valence-corrected chi connectivity index (χ2v) is 6.31. The van der Waals surface area contributed by atoms with Crippen molar-refractivity contribution in [2.45, 2.75) is 39.5 Å². The Bertz CT molecular complexity index is 595. The lowest BCUT2D eigenvalue weighted by Crippen LogP contribution is -2.02. The van der Waals surface area contributed by atoms with Crippen molar-refractivity contribution in [2.75, 3.05) is 18.5 Å². The third-order valence-corrected chi connectivity index (χ3v) is 4.23. The molecular weight excluding hydrogens is 340 g/mol. The summed E-state index contributed by atoms with van der Waals surface area (Å²) in [6.07, 6.45) is 4.53. The van der Waals surface area contributed by atoms with Gasteiger partial charge < -0.3 is 9.47 Å². The molecule has 0 saturated heterocycles. The van der Waals surface area contributed by atoms with Crippen molar-refractivity contribution in [3.8, 4) is 11.5 Å². The summed E-state index contributed by atoms with van der Waals surface area (Å²) in [5, 5.41) is 3.24. The van der Waals surface area contributed by atoms with Crippen molar-refractivity contribution in [3.63, 3.8) is 0 Å². The number of ether oxygens (including phenoxy) is 2. The summed E-state index contributed by atoms with van der Waals surface area (Å²) in [5.41, 5.74) is 1.14. The number of aryl methyl sites for hydroxylation is 1. The summed E-state index contributed by atoms with van der Waals surface area (Å²) in [6.45, 7) is 5.81. The number of halogens is 1. The summed E-state index contributed by atoms with van der Waals surface area (Å²) >= 11 is 3.44. The van der Waals surface area contributed by atoms with Crippen LogP contribution in [0.5, 0.6) is 11.5 Å². The van der Waals surface area contributed by atoms with Crippen LogP contribution < -0.4 is 9.47 Å². The number of fused-ring (bicyclic) bond motifs is 1. The minimum Gasteiger partial charge on any atom is -0.493 e. The van der Waals surface area contributed by atoms with E-state index in [1.165, 1.54) is 12.8 Å². The largest absolute Gasteiger partial charge is 0.493 e. The fraction of sp³-hybridized carbons (Fsp3) is 0.474. The molecule has 2 nitrogen and oxygen atoms in total. The molecule has 0 spiro atoms. The first kappa shape index (κ1) is 17.1. The van der Waals surface area contributed by atoms with Gasteiger partial charge in [-0.25, -0.2) is 0 Å². The van der Waals surface area contributed by atoms with E-state index in [1.807, 2.05) is 0 Å². The molecule has 2 rings (SSSR count). The van der Waals surface area contributed by atoms with Gasteiger partial charge in [0.1, 0.15) is 11.5 Å². The lowest BCUT2D eigenvalue weighted by molar-refractivity contribution is 0.305. The van der Waals surface area contributed by atoms with E-state index in [9.17, 15) is 0 Å². The molecular formula is C19H25BrO2. The zero-order valence-corrected chi connectivity index (χ0v) is 15.1. The highest BCUT2D eigenvalue weighted by molar-refractivity contribution is 9.09. The molecule has 0 aliphatic heterocycles. The quantitative estimate of drug-likeness (QED) is 0.408. The van der Waals surface area contributed by atoms with Crippen LogP contribution in [-0.4, -0.2) is 18.5 Å². The Morgan fingerprint density at radius 3 is 2.41 bits per heavy atom. The Morgan fingerprint density at radius 2 is 1.68 bits per heavy atom. The van der Waals surface area contributed by atoms with Gasteiger partial charge in [-0.2, -0.15) is 0 Å². The molecule has 3 heteroatoms. The van der Waals surface area contributed by atoms with Crippen LogP contribution in [0.1, 0.15) is 38.2 Å². The molecule has 0 heterocycles. The Kier molecular flexibility index (Phi) is 7.04. The third kappa shape index (κ3) is 4.39. The van der Waals surface area contributed by atoms with E-state index in [2.05, 4.69) is 60.1 Å². The van der Waals surface area contributed by atoms with Crippen molar-refractivity contribution in [3.05, 3.63) is 35.9 Å². The SMILES string of the molecule is CCCCCOc1c(C)cc(OCCCBr)c2ccccc12. The maximum atomic E-state index is 6.07. The molecule has 0 aromatic heterocycles. The predicted octanol–water partition coefficient (Wildman–Crippen LogP) is 5.88. The zero-order chi connectivity index (χ0) is 15.8. The van der Waals surface area contributed by atoms with Gasteiger partial charge in [0.25, 0.3) is 0 Å². The van der Waals surface area contributed by atoms with E-state index in [-0.39, 0.29) is 0 Å². The Labute approximate surface area is 141 Å². The van der Waals surface area contributed by atoms with E-state index in [0.717, 1.165) is 59.2 Å². The maximum Gasteiger partial charge on any atom is 0.130 e. The second kappa shape index (κ2) is 9.04. The van der Waals surface area contributed by atoms with E-state index in [0.29, 0.717) is 0 Å². The van der Waals surface area contributed by atoms with Crippen LogP contribution in [0.4, 0.5) is 0 Å². The highest BCUT2D eigenvalue weighted by Gasteiger charge is 2.11. The van der Waals surface area contributed by atoms with E-state index >= 15 is 0 Å². The predicted molar refractivity (Wildman–Crippen MR) is 97.6 cm³/mol. The van der Waals surface area contributed by atoms with Crippen LogP contribution in [0.2, 0.25) is 0 Å². The molecule has 0 atom stereocenters. The molecule has 0 bridgehead atoms. The van der Waals surface area contributed by atoms with Crippen molar-refractivity contribution in [1.82, 2.24) is 0 Å². The molecule has 0 aliphatic rings. The Hall–Kier alpha value is -1.22. The fourth-order valence-electron chi connectivity index (χ4n) is 2.52. The first-order valence-electron chi connectivity index (χ1n) is 8.11. The van der Waals surface area contributed by atoms with E-state index in [4.69, 9.17) is 9.47 Å². The number of benzene rings is 2. The average Bonchev–Trinajstić information content (AvgIpc) is 2.54. The standard InChI is InChI=1S/C19H25BrO2/c1-3-4-7-12-22-19-15(2)14-18(21-13-8-11-20)16-9-5-6-10-17(16)19/h5-6,9-10,14H,3-4,7-8,11-13H2,1-2H3. The number of hydrogen-bond acceptors (Lipinski definition) is 2. The van der Waals surface area contributed by atoms with Crippen LogP contribution in [0, 0.1) is 6.92 Å². The smallest absolute Gasteiger partial charge is 0.130 e. The summed E-state index contributed by atoms with van der Waals surface area (Å²) in [7, 11) is 0. The van der Waals surface area contributed by atoms with Gasteiger partial charge in [0, 0.05) is 16.1 Å². The minimum absolute atomic E-state index is 0.728. The van der Waals surface area contributed by atoms with Gasteiger partial charge >= 0.3 is 0 Å². The first-order chi connectivity index (χ1) is 10.8. The average molecular weight is 365 g/mol. The molecule has 2 aromatic rings. The summed E-state index contributed by atoms with van der Waals surface area (Å²) in [4.78, 5) is 0. The monoisotopic (exact) mass is 364 g/mol. The zero-order valence-electron chi connectivity index (χ0n) is 13.5. The number of hydrogen-bond donors (Lipinski definition) is 0. The fourth-order valence-corrected chi connectivity index (χ4v) is 2.75. The van der Waals surface area contributed by atoms with Crippen LogP contribution in [0.3, 0.4) is 0 Å². The molecule has 0 aliphatic carbocycles. The molecule has 0 saturated carbocycles. The van der Waals surface area contributed by atoms with Crippen molar-refractivity contribution < 1.29 is 9.47 Å². The molecule has 0 unspecified atom stereocenters. The minimum atomic E-state index is 0.728. The summed E-state index contributed by atoms with van der Waals surface area (Å²) in [5.74, 6) is 1.95. The second-order valence-electron chi connectivity index (χ2n) is 5.51. The summed E-state index contributed by atoms with van der Waals surface area (Å²) < 4.78 is 12.0. The highest BCUT2D eigenvalue weighted by atomic mass is 79.9. The van der Waals surface area contributed by atoms with Gasteiger partial charge in [-0.15, -0.1) is 0 Å². The van der Waals surface area contributed by atoms with Crippen LogP contribution in [0.15, 0.2) is 30.3 Å². The van der Waals surface area contributed by atoms with E-state index in [1.54, 1.807) is 0 Å². The maximum absolute atomic E-state index is 6.07. The lowest BCUT2D eigenvalue weighted by Gasteiger charge is -2.16. The Balaban J connectivity index is 2.25. The van der Waals surface area contributed by atoms with Crippen LogP contribution in [-0.2, 0) is 0 Å². The third-order valence-electron chi connectivity index (χ3n) is 3.67. The van der Waals surface area contributed by atoms with Gasteiger partial charge in [-0.05, 0) is 31.4 Å². The summed E-state index contributed by atoms with van der Waals surface area (Å²) in [6, 6.07) is 10.4. The lowest BCUT2D eigenvalue weighted by atomic mass is 10.0. The van der Waals surface area contributed by atoms with Crippen LogP contribution >= 0.6 is 15.9 Å².